The molecule has 0 saturated heterocycles. The van der Waals surface area contributed by atoms with E-state index in [0.717, 1.165) is 5.75 Å². The molecule has 0 aromatic rings. The molecule has 0 heterocycles. The van der Waals surface area contributed by atoms with Crippen molar-refractivity contribution in [2.45, 2.75) is 110 Å². The van der Waals surface area contributed by atoms with E-state index in [1.54, 1.807) is 11.8 Å². The average molecular weight is 359 g/mol. The second-order valence-corrected chi connectivity index (χ2v) is 8.04. The Hall–Kier alpha value is -0.180. The molecule has 0 N–H and O–H groups in total. The molecular weight excluding hydrogens is 316 g/mol. The summed E-state index contributed by atoms with van der Waals surface area (Å²) in [5, 5.41) is 0. The van der Waals surface area contributed by atoms with E-state index in [0.29, 0.717) is 5.75 Å². The number of unbranched alkanes of at least 4 members (excludes halogenated alkanes) is 15. The quantitative estimate of drug-likeness (QED) is 0.181. The summed E-state index contributed by atoms with van der Waals surface area (Å²) in [7, 11) is 1.46. The summed E-state index contributed by atoms with van der Waals surface area (Å²) in [6.45, 7) is 2.28. The van der Waals surface area contributed by atoms with Gasteiger partial charge in [-0.2, -0.15) is 11.8 Å². The molecule has 0 atom stereocenters. The van der Waals surface area contributed by atoms with Gasteiger partial charge >= 0.3 is 5.97 Å². The lowest BCUT2D eigenvalue weighted by Gasteiger charge is -2.03. The van der Waals surface area contributed by atoms with E-state index in [1.807, 2.05) is 0 Å². The van der Waals surface area contributed by atoms with Crippen LogP contribution in [0.2, 0.25) is 0 Å². The van der Waals surface area contributed by atoms with E-state index in [-0.39, 0.29) is 5.97 Å². The van der Waals surface area contributed by atoms with Gasteiger partial charge in [-0.1, -0.05) is 103 Å². The van der Waals surface area contributed by atoms with E-state index in [4.69, 9.17) is 0 Å². The van der Waals surface area contributed by atoms with Crippen molar-refractivity contribution in [3.8, 4) is 0 Å². The first-order chi connectivity index (χ1) is 11.8. The summed E-state index contributed by atoms with van der Waals surface area (Å²) in [5.41, 5.74) is 0. The Morgan fingerprint density at radius 3 is 1.42 bits per heavy atom. The van der Waals surface area contributed by atoms with Crippen molar-refractivity contribution in [1.29, 1.82) is 0 Å². The van der Waals surface area contributed by atoms with Crippen molar-refractivity contribution >= 4 is 17.7 Å². The minimum Gasteiger partial charge on any atom is -0.468 e. The van der Waals surface area contributed by atoms with Crippen molar-refractivity contribution < 1.29 is 9.53 Å². The lowest BCUT2D eigenvalue weighted by Crippen LogP contribution is -2.03. The lowest BCUT2D eigenvalue weighted by atomic mass is 10.0. The van der Waals surface area contributed by atoms with Gasteiger partial charge in [0, 0.05) is 0 Å². The fourth-order valence-electron chi connectivity index (χ4n) is 2.97. The topological polar surface area (TPSA) is 26.3 Å². The number of ether oxygens (including phenoxy) is 1. The van der Waals surface area contributed by atoms with Crippen LogP contribution >= 0.6 is 11.8 Å². The first kappa shape index (κ1) is 23.8. The lowest BCUT2D eigenvalue weighted by molar-refractivity contribution is -0.137. The van der Waals surface area contributed by atoms with Crippen LogP contribution in [-0.2, 0) is 9.53 Å². The summed E-state index contributed by atoms with van der Waals surface area (Å²) in [4.78, 5) is 10.9. The fourth-order valence-corrected chi connectivity index (χ4v) is 3.80. The third kappa shape index (κ3) is 19.9. The number of carbonyl (C=O) groups is 1. The van der Waals surface area contributed by atoms with Gasteiger partial charge in [0.05, 0.1) is 12.9 Å². The minimum atomic E-state index is -0.100. The largest absolute Gasteiger partial charge is 0.468 e. The molecule has 0 unspecified atom stereocenters. The molecule has 0 fully saturated rings. The zero-order valence-electron chi connectivity index (χ0n) is 16.5. The van der Waals surface area contributed by atoms with Crippen molar-refractivity contribution in [2.24, 2.45) is 0 Å². The number of hydrogen-bond acceptors (Lipinski definition) is 3. The van der Waals surface area contributed by atoms with Crippen LogP contribution in [0.4, 0.5) is 0 Å². The molecule has 24 heavy (non-hydrogen) atoms. The van der Waals surface area contributed by atoms with Crippen molar-refractivity contribution in [3.05, 3.63) is 0 Å². The summed E-state index contributed by atoms with van der Waals surface area (Å²) < 4.78 is 4.62. The molecule has 0 aliphatic rings. The van der Waals surface area contributed by atoms with Crippen LogP contribution in [0.25, 0.3) is 0 Å². The Balaban J connectivity index is 2.99. The molecule has 0 aromatic heterocycles. The molecule has 2 nitrogen and oxygen atoms in total. The van der Waals surface area contributed by atoms with Crippen LogP contribution in [0.1, 0.15) is 110 Å². The highest BCUT2D eigenvalue weighted by Gasteiger charge is 1.99. The van der Waals surface area contributed by atoms with Crippen molar-refractivity contribution in [3.63, 3.8) is 0 Å². The highest BCUT2D eigenvalue weighted by Crippen LogP contribution is 2.14. The molecular formula is C21H42O2S. The molecule has 0 amide bonds. The first-order valence-electron chi connectivity index (χ1n) is 10.5. The number of methoxy groups -OCH3 is 1. The standard InChI is InChI=1S/C21H42O2S/c1-3-4-5-6-7-8-9-10-11-12-13-14-15-16-17-18-19-24-20-21(22)23-2/h3-20H2,1-2H3. The SMILES string of the molecule is CCCCCCCCCCCCCCCCCCSCC(=O)OC. The Bertz CT molecular complexity index is 256. The molecule has 0 aliphatic carbocycles. The maximum atomic E-state index is 10.9. The van der Waals surface area contributed by atoms with Crippen LogP contribution in [-0.4, -0.2) is 24.6 Å². The molecule has 0 radical (unpaired) electrons. The van der Waals surface area contributed by atoms with Crippen LogP contribution in [0.15, 0.2) is 0 Å². The van der Waals surface area contributed by atoms with E-state index in [2.05, 4.69) is 11.7 Å². The van der Waals surface area contributed by atoms with Gasteiger partial charge in [0.25, 0.3) is 0 Å². The smallest absolute Gasteiger partial charge is 0.315 e. The molecule has 0 spiro atoms. The van der Waals surface area contributed by atoms with E-state index in [1.165, 1.54) is 110 Å². The second kappa shape index (κ2) is 20.9. The zero-order valence-corrected chi connectivity index (χ0v) is 17.3. The molecule has 3 heteroatoms. The third-order valence-corrected chi connectivity index (χ3v) is 5.61. The van der Waals surface area contributed by atoms with Gasteiger partial charge in [-0.25, -0.2) is 0 Å². The molecule has 0 saturated carbocycles. The van der Waals surface area contributed by atoms with E-state index in [9.17, 15) is 4.79 Å². The first-order valence-corrected chi connectivity index (χ1v) is 11.6. The molecule has 0 bridgehead atoms. The molecule has 0 aliphatic heterocycles. The normalized spacial score (nSPS) is 10.9. The van der Waals surface area contributed by atoms with Gasteiger partial charge in [0.2, 0.25) is 0 Å². The van der Waals surface area contributed by atoms with Crippen molar-refractivity contribution in [2.75, 3.05) is 18.6 Å². The molecule has 144 valence electrons. The van der Waals surface area contributed by atoms with Gasteiger partial charge in [-0.15, -0.1) is 0 Å². The minimum absolute atomic E-state index is 0.100. The van der Waals surface area contributed by atoms with Crippen LogP contribution in [0.3, 0.4) is 0 Å². The number of rotatable bonds is 19. The fraction of sp³-hybridized carbons (Fsp3) is 0.952. The van der Waals surface area contributed by atoms with Crippen LogP contribution < -0.4 is 0 Å². The van der Waals surface area contributed by atoms with Crippen LogP contribution in [0.5, 0.6) is 0 Å². The van der Waals surface area contributed by atoms with Gasteiger partial charge in [0.1, 0.15) is 0 Å². The van der Waals surface area contributed by atoms with Crippen molar-refractivity contribution in [1.82, 2.24) is 0 Å². The second-order valence-electron chi connectivity index (χ2n) is 6.93. The predicted molar refractivity (Wildman–Crippen MR) is 109 cm³/mol. The highest BCUT2D eigenvalue weighted by atomic mass is 32.2. The maximum Gasteiger partial charge on any atom is 0.315 e. The number of carbonyl (C=O) groups excluding carboxylic acids is 1. The summed E-state index contributed by atoms with van der Waals surface area (Å²) in [6.07, 6.45) is 22.5. The maximum absolute atomic E-state index is 10.9. The highest BCUT2D eigenvalue weighted by molar-refractivity contribution is 7.99. The Morgan fingerprint density at radius 1 is 0.667 bits per heavy atom. The molecule has 0 aromatic carbocycles. The average Bonchev–Trinajstić information content (AvgIpc) is 2.60. The Morgan fingerprint density at radius 2 is 1.04 bits per heavy atom. The van der Waals surface area contributed by atoms with Gasteiger partial charge in [-0.3, -0.25) is 4.79 Å². The third-order valence-electron chi connectivity index (χ3n) is 4.59. The van der Waals surface area contributed by atoms with Gasteiger partial charge in [0.15, 0.2) is 0 Å². The zero-order chi connectivity index (χ0) is 17.7. The number of esters is 1. The predicted octanol–water partition coefficient (Wildman–Crippen LogP) is 7.15. The summed E-state index contributed by atoms with van der Waals surface area (Å²) in [5.74, 6) is 1.50. The Labute approximate surface area is 155 Å². The number of thioether (sulfide) groups is 1. The van der Waals surface area contributed by atoms with E-state index >= 15 is 0 Å². The monoisotopic (exact) mass is 358 g/mol. The van der Waals surface area contributed by atoms with Gasteiger partial charge in [-0.05, 0) is 12.2 Å². The van der Waals surface area contributed by atoms with Crippen LogP contribution in [0, 0.1) is 0 Å². The van der Waals surface area contributed by atoms with E-state index < -0.39 is 0 Å². The molecule has 0 rings (SSSR count). The Kier molecular flexibility index (Phi) is 20.7. The summed E-state index contributed by atoms with van der Waals surface area (Å²) in [6, 6.07) is 0. The summed E-state index contributed by atoms with van der Waals surface area (Å²) >= 11 is 1.70. The number of hydrogen-bond donors (Lipinski definition) is 0. The van der Waals surface area contributed by atoms with Gasteiger partial charge < -0.3 is 4.74 Å².